The van der Waals surface area contributed by atoms with Gasteiger partial charge in [-0.1, -0.05) is 54.0 Å². The molecule has 2 aromatic rings. The summed E-state index contributed by atoms with van der Waals surface area (Å²) in [6, 6.07) is 13.8. The highest BCUT2D eigenvalue weighted by molar-refractivity contribution is 9.10. The normalized spacial score (nSPS) is 17.9. The number of carbonyl (C=O) groups excluding carboxylic acids is 2. The molecule has 7 heteroatoms. The van der Waals surface area contributed by atoms with E-state index in [4.69, 9.17) is 4.74 Å². The van der Waals surface area contributed by atoms with Gasteiger partial charge in [-0.3, -0.25) is 9.59 Å². The number of amides is 1. The molecule has 0 saturated carbocycles. The highest BCUT2D eigenvalue weighted by Crippen LogP contribution is 2.39. The monoisotopic (exact) mass is 500 g/mol. The second-order valence-electron chi connectivity index (χ2n) is 7.53. The first kappa shape index (κ1) is 24.0. The fraction of sp³-hybridized carbons (Fsp3) is 0.360. The Morgan fingerprint density at radius 3 is 2.41 bits per heavy atom. The van der Waals surface area contributed by atoms with Crippen molar-refractivity contribution in [3.05, 3.63) is 69.7 Å². The molecule has 1 atom stereocenters. The first-order valence-electron chi connectivity index (χ1n) is 10.9. The van der Waals surface area contributed by atoms with Crippen molar-refractivity contribution < 1.29 is 19.4 Å². The summed E-state index contributed by atoms with van der Waals surface area (Å²) in [6.45, 7) is 9.24. The molecule has 1 aliphatic heterocycles. The molecule has 170 valence electrons. The number of halogens is 1. The Bertz CT molecular complexity index is 999. The number of aliphatic hydroxyl groups excluding tert-OH is 1. The number of carbonyl (C=O) groups is 2. The van der Waals surface area contributed by atoms with Crippen LogP contribution in [0.5, 0.6) is 5.75 Å². The van der Waals surface area contributed by atoms with Crippen molar-refractivity contribution >= 4 is 33.4 Å². The topological polar surface area (TPSA) is 70.1 Å². The predicted molar refractivity (Wildman–Crippen MR) is 129 cm³/mol. The van der Waals surface area contributed by atoms with E-state index in [2.05, 4.69) is 34.7 Å². The van der Waals surface area contributed by atoms with Gasteiger partial charge in [-0.05, 0) is 49.8 Å². The van der Waals surface area contributed by atoms with E-state index in [1.807, 2.05) is 31.2 Å². The van der Waals surface area contributed by atoms with E-state index in [-0.39, 0.29) is 11.3 Å². The lowest BCUT2D eigenvalue weighted by atomic mass is 9.95. The fourth-order valence-electron chi connectivity index (χ4n) is 3.95. The minimum atomic E-state index is -0.670. The second-order valence-corrected chi connectivity index (χ2v) is 8.45. The van der Waals surface area contributed by atoms with E-state index < -0.39 is 17.7 Å². The van der Waals surface area contributed by atoms with E-state index in [1.165, 1.54) is 0 Å². The molecule has 6 nitrogen and oxygen atoms in total. The van der Waals surface area contributed by atoms with Crippen molar-refractivity contribution in [2.24, 2.45) is 0 Å². The molecule has 3 rings (SSSR count). The van der Waals surface area contributed by atoms with Gasteiger partial charge in [0.25, 0.3) is 11.7 Å². The molecule has 32 heavy (non-hydrogen) atoms. The van der Waals surface area contributed by atoms with Crippen LogP contribution in [0.4, 0.5) is 0 Å². The molecule has 1 saturated heterocycles. The van der Waals surface area contributed by atoms with Crippen LogP contribution in [-0.2, 0) is 9.59 Å². The maximum absolute atomic E-state index is 13.1. The third-order valence-corrected chi connectivity index (χ3v) is 6.22. The lowest BCUT2D eigenvalue weighted by Gasteiger charge is -2.28. The Kier molecular flexibility index (Phi) is 8.10. The predicted octanol–water partition coefficient (Wildman–Crippen LogP) is 4.61. The van der Waals surface area contributed by atoms with Gasteiger partial charge in [-0.25, -0.2) is 0 Å². The zero-order chi connectivity index (χ0) is 23.3. The van der Waals surface area contributed by atoms with E-state index in [0.717, 1.165) is 23.1 Å². The SMILES string of the molecule is CCOc1cccc(C(O)=C2C(=O)C(=O)N(CCN(CC)CC)C2c2ccc(Br)cc2)c1. The molecule has 1 heterocycles. The summed E-state index contributed by atoms with van der Waals surface area (Å²) < 4.78 is 6.43. The van der Waals surface area contributed by atoms with Crippen molar-refractivity contribution in [3.63, 3.8) is 0 Å². The maximum atomic E-state index is 13.1. The summed E-state index contributed by atoms with van der Waals surface area (Å²) in [5, 5.41) is 11.2. The first-order valence-corrected chi connectivity index (χ1v) is 11.7. The van der Waals surface area contributed by atoms with Crippen molar-refractivity contribution in [1.29, 1.82) is 0 Å². The zero-order valence-electron chi connectivity index (χ0n) is 18.7. The number of likely N-dealkylation sites (tertiary alicyclic amines) is 1. The molecule has 1 amide bonds. The lowest BCUT2D eigenvalue weighted by molar-refractivity contribution is -0.140. The number of Topliss-reactive ketones (excluding diaryl/α,β-unsaturated/α-hetero) is 1. The van der Waals surface area contributed by atoms with Crippen LogP contribution in [0.1, 0.15) is 37.9 Å². The average molecular weight is 501 g/mol. The van der Waals surface area contributed by atoms with E-state index >= 15 is 0 Å². The molecular weight excluding hydrogens is 472 g/mol. The average Bonchev–Trinajstić information content (AvgIpc) is 3.05. The number of likely N-dealkylation sites (N-methyl/N-ethyl adjacent to an activating group) is 1. The Hall–Kier alpha value is -2.64. The first-order chi connectivity index (χ1) is 15.4. The molecule has 0 aliphatic carbocycles. The number of ketones is 1. The standard InChI is InChI=1S/C25H29BrN2O4/c1-4-27(5-2)14-15-28-22(17-10-12-19(26)13-11-17)21(24(30)25(28)31)23(29)18-8-7-9-20(16-18)32-6-3/h7-13,16,22,29H,4-6,14-15H2,1-3H3. The smallest absolute Gasteiger partial charge is 0.295 e. The lowest BCUT2D eigenvalue weighted by Crippen LogP contribution is -2.38. The third kappa shape index (κ3) is 5.05. The molecule has 1 unspecified atom stereocenters. The molecule has 0 radical (unpaired) electrons. The highest BCUT2D eigenvalue weighted by Gasteiger charge is 2.45. The molecule has 0 spiro atoms. The van der Waals surface area contributed by atoms with E-state index in [9.17, 15) is 14.7 Å². The van der Waals surface area contributed by atoms with Crippen molar-refractivity contribution in [3.8, 4) is 5.75 Å². The summed E-state index contributed by atoms with van der Waals surface area (Å²) in [5.74, 6) is -0.861. The van der Waals surface area contributed by atoms with E-state index in [1.54, 1.807) is 29.2 Å². The Morgan fingerprint density at radius 1 is 1.09 bits per heavy atom. The number of hydrogen-bond acceptors (Lipinski definition) is 5. The van der Waals surface area contributed by atoms with Gasteiger partial charge in [0.2, 0.25) is 0 Å². The number of rotatable bonds is 9. The Morgan fingerprint density at radius 2 is 1.78 bits per heavy atom. The van der Waals surface area contributed by atoms with Crippen LogP contribution in [0.15, 0.2) is 58.6 Å². The minimum absolute atomic E-state index is 0.102. The van der Waals surface area contributed by atoms with Gasteiger partial charge >= 0.3 is 0 Å². The molecule has 1 fully saturated rings. The Labute approximate surface area is 197 Å². The summed E-state index contributed by atoms with van der Waals surface area (Å²) >= 11 is 3.44. The highest BCUT2D eigenvalue weighted by atomic mass is 79.9. The molecule has 1 N–H and O–H groups in total. The van der Waals surface area contributed by atoms with Crippen LogP contribution in [-0.4, -0.2) is 59.4 Å². The quantitative estimate of drug-likeness (QED) is 0.309. The number of nitrogens with zero attached hydrogens (tertiary/aromatic N) is 2. The van der Waals surface area contributed by atoms with Gasteiger partial charge in [-0.15, -0.1) is 0 Å². The summed E-state index contributed by atoms with van der Waals surface area (Å²) in [5.41, 5.74) is 1.32. The van der Waals surface area contributed by atoms with Crippen molar-refractivity contribution in [2.45, 2.75) is 26.8 Å². The van der Waals surface area contributed by atoms with Gasteiger partial charge in [0.15, 0.2) is 0 Å². The summed E-state index contributed by atoms with van der Waals surface area (Å²) in [6.07, 6.45) is 0. The van der Waals surface area contributed by atoms with E-state index in [0.29, 0.717) is 31.0 Å². The van der Waals surface area contributed by atoms with Crippen LogP contribution in [0.3, 0.4) is 0 Å². The van der Waals surface area contributed by atoms with Crippen LogP contribution in [0.25, 0.3) is 5.76 Å². The van der Waals surface area contributed by atoms with Crippen LogP contribution in [0.2, 0.25) is 0 Å². The van der Waals surface area contributed by atoms with Crippen LogP contribution >= 0.6 is 15.9 Å². The molecule has 0 aromatic heterocycles. The largest absolute Gasteiger partial charge is 0.507 e. The van der Waals surface area contributed by atoms with Gasteiger partial charge in [0.1, 0.15) is 11.5 Å². The molecular formula is C25H29BrN2O4. The van der Waals surface area contributed by atoms with Crippen LogP contribution in [0, 0.1) is 0 Å². The van der Waals surface area contributed by atoms with Crippen molar-refractivity contribution in [2.75, 3.05) is 32.8 Å². The molecule has 1 aliphatic rings. The van der Waals surface area contributed by atoms with Gasteiger partial charge in [0.05, 0.1) is 18.2 Å². The number of benzene rings is 2. The van der Waals surface area contributed by atoms with Crippen molar-refractivity contribution in [1.82, 2.24) is 9.80 Å². The van der Waals surface area contributed by atoms with Gasteiger partial charge < -0.3 is 19.6 Å². The molecule has 2 aromatic carbocycles. The second kappa shape index (κ2) is 10.8. The summed E-state index contributed by atoms with van der Waals surface area (Å²) in [7, 11) is 0. The minimum Gasteiger partial charge on any atom is -0.507 e. The zero-order valence-corrected chi connectivity index (χ0v) is 20.3. The fourth-order valence-corrected chi connectivity index (χ4v) is 4.21. The number of hydrogen-bond donors (Lipinski definition) is 1. The molecule has 0 bridgehead atoms. The van der Waals surface area contributed by atoms with Gasteiger partial charge in [0, 0.05) is 23.1 Å². The summed E-state index contributed by atoms with van der Waals surface area (Å²) in [4.78, 5) is 29.9. The number of aliphatic hydroxyl groups is 1. The maximum Gasteiger partial charge on any atom is 0.295 e. The number of ether oxygens (including phenoxy) is 1. The van der Waals surface area contributed by atoms with Crippen LogP contribution < -0.4 is 4.74 Å². The Balaban J connectivity index is 2.08. The van der Waals surface area contributed by atoms with Gasteiger partial charge in [-0.2, -0.15) is 0 Å². The third-order valence-electron chi connectivity index (χ3n) is 5.70.